The summed E-state index contributed by atoms with van der Waals surface area (Å²) in [6, 6.07) is 14.3. The summed E-state index contributed by atoms with van der Waals surface area (Å²) < 4.78 is 28.3. The zero-order chi connectivity index (χ0) is 18.2. The van der Waals surface area contributed by atoms with Crippen molar-refractivity contribution in [2.24, 2.45) is 5.10 Å². The molecule has 1 heterocycles. The Balaban J connectivity index is 2.04. The molecule has 0 unspecified atom stereocenters. The topological polar surface area (TPSA) is 52.9 Å². The van der Waals surface area contributed by atoms with Crippen molar-refractivity contribution in [3.8, 4) is 0 Å². The maximum absolute atomic E-state index is 14.2. The van der Waals surface area contributed by atoms with E-state index in [4.69, 9.17) is 11.6 Å². The van der Waals surface area contributed by atoms with Crippen molar-refractivity contribution in [1.82, 2.24) is 5.01 Å². The average molecular weight is 365 g/mol. The van der Waals surface area contributed by atoms with Crippen LogP contribution in [-0.2, 0) is 0 Å². The molecule has 0 aromatic heterocycles. The SMILES string of the molecule is CC(F)(F)[C@@]1(O)CC(c2ccc(Cl)cc2)=NN1C(=O)c1ccccc1. The van der Waals surface area contributed by atoms with Gasteiger partial charge in [-0.25, -0.2) is 8.78 Å². The van der Waals surface area contributed by atoms with Crippen LogP contribution in [0.3, 0.4) is 0 Å². The van der Waals surface area contributed by atoms with E-state index in [9.17, 15) is 18.7 Å². The molecule has 2 aromatic carbocycles. The van der Waals surface area contributed by atoms with Gasteiger partial charge < -0.3 is 5.11 Å². The van der Waals surface area contributed by atoms with Crippen LogP contribution >= 0.6 is 11.6 Å². The Morgan fingerprint density at radius 1 is 1.20 bits per heavy atom. The summed E-state index contributed by atoms with van der Waals surface area (Å²) in [5, 5.41) is 15.6. The van der Waals surface area contributed by atoms with Crippen LogP contribution < -0.4 is 0 Å². The van der Waals surface area contributed by atoms with Crippen molar-refractivity contribution in [2.45, 2.75) is 25.0 Å². The number of carbonyl (C=O) groups excluding carboxylic acids is 1. The molecule has 0 saturated carbocycles. The Bertz CT molecular complexity index is 819. The van der Waals surface area contributed by atoms with E-state index in [0.717, 1.165) is 0 Å². The van der Waals surface area contributed by atoms with E-state index in [1.165, 1.54) is 12.1 Å². The van der Waals surface area contributed by atoms with Crippen LogP contribution in [-0.4, -0.2) is 33.4 Å². The van der Waals surface area contributed by atoms with Crippen LogP contribution in [0.25, 0.3) is 0 Å². The number of rotatable bonds is 3. The number of nitrogens with zero attached hydrogens (tertiary/aromatic N) is 2. The minimum absolute atomic E-state index is 0.159. The fourth-order valence-electron chi connectivity index (χ4n) is 2.61. The van der Waals surface area contributed by atoms with Gasteiger partial charge in [-0.15, -0.1) is 0 Å². The molecule has 7 heteroatoms. The number of benzene rings is 2. The minimum atomic E-state index is -3.57. The standard InChI is InChI=1S/C18H15ClF2N2O2/c1-17(20,21)18(25)11-15(12-7-9-14(19)10-8-12)22-23(18)16(24)13-5-3-2-4-6-13/h2-10,25H,11H2,1H3/t18-/m0/s1. The Labute approximate surface area is 148 Å². The number of alkyl halides is 2. The molecule has 25 heavy (non-hydrogen) atoms. The third-order valence-corrected chi connectivity index (χ3v) is 4.33. The minimum Gasteiger partial charge on any atom is -0.364 e. The summed E-state index contributed by atoms with van der Waals surface area (Å²) in [7, 11) is 0. The molecular weight excluding hydrogens is 350 g/mol. The number of hydrogen-bond donors (Lipinski definition) is 1. The van der Waals surface area contributed by atoms with Crippen LogP contribution in [0, 0.1) is 0 Å². The van der Waals surface area contributed by atoms with Crippen molar-refractivity contribution >= 4 is 23.2 Å². The van der Waals surface area contributed by atoms with Gasteiger partial charge in [0, 0.05) is 23.9 Å². The maximum atomic E-state index is 14.2. The van der Waals surface area contributed by atoms with Crippen LogP contribution in [0.1, 0.15) is 29.3 Å². The summed E-state index contributed by atoms with van der Waals surface area (Å²) in [5.41, 5.74) is -1.89. The van der Waals surface area contributed by atoms with Crippen LogP contribution in [0.2, 0.25) is 5.02 Å². The first-order valence-electron chi connectivity index (χ1n) is 7.55. The van der Waals surface area contributed by atoms with Gasteiger partial charge in [0.25, 0.3) is 11.8 Å². The molecule has 0 saturated heterocycles. The molecule has 0 fully saturated rings. The van der Waals surface area contributed by atoms with Crippen LogP contribution in [0.5, 0.6) is 0 Å². The number of hydrazone groups is 1. The second kappa shape index (κ2) is 6.20. The van der Waals surface area contributed by atoms with Gasteiger partial charge >= 0.3 is 0 Å². The summed E-state index contributed by atoms with van der Waals surface area (Å²) in [5.74, 6) is -4.37. The molecule has 1 amide bonds. The molecule has 0 radical (unpaired) electrons. The molecule has 4 nitrogen and oxygen atoms in total. The molecular formula is C18H15ClF2N2O2. The highest BCUT2D eigenvalue weighted by atomic mass is 35.5. The largest absolute Gasteiger partial charge is 0.364 e. The molecule has 1 aliphatic rings. The summed E-state index contributed by atoms with van der Waals surface area (Å²) >= 11 is 5.83. The Kier molecular flexibility index (Phi) is 4.34. The lowest BCUT2D eigenvalue weighted by Crippen LogP contribution is -2.57. The van der Waals surface area contributed by atoms with E-state index in [1.54, 1.807) is 42.5 Å². The van der Waals surface area contributed by atoms with Crippen molar-refractivity contribution in [3.63, 3.8) is 0 Å². The second-order valence-electron chi connectivity index (χ2n) is 5.92. The lowest BCUT2D eigenvalue weighted by Gasteiger charge is -2.35. The van der Waals surface area contributed by atoms with Gasteiger partial charge in [-0.1, -0.05) is 41.9 Å². The van der Waals surface area contributed by atoms with Gasteiger partial charge in [0.05, 0.1) is 5.71 Å². The number of halogens is 3. The molecule has 3 rings (SSSR count). The second-order valence-corrected chi connectivity index (χ2v) is 6.35. The first-order valence-corrected chi connectivity index (χ1v) is 7.93. The predicted octanol–water partition coefficient (Wildman–Crippen LogP) is 3.93. The lowest BCUT2D eigenvalue weighted by molar-refractivity contribution is -0.222. The van der Waals surface area contributed by atoms with Crippen LogP contribution in [0.4, 0.5) is 8.78 Å². The molecule has 1 N–H and O–H groups in total. The lowest BCUT2D eigenvalue weighted by atomic mass is 9.96. The third kappa shape index (κ3) is 3.15. The molecule has 130 valence electrons. The van der Waals surface area contributed by atoms with Gasteiger partial charge in [-0.2, -0.15) is 10.1 Å². The molecule has 0 bridgehead atoms. The first-order chi connectivity index (χ1) is 11.7. The molecule has 1 aliphatic heterocycles. The van der Waals surface area contributed by atoms with Gasteiger partial charge in [0.1, 0.15) is 0 Å². The zero-order valence-corrected chi connectivity index (χ0v) is 14.0. The fraction of sp³-hybridized carbons (Fsp3) is 0.222. The quantitative estimate of drug-likeness (QED) is 0.897. The summed E-state index contributed by atoms with van der Waals surface area (Å²) in [4.78, 5) is 12.6. The van der Waals surface area contributed by atoms with Crippen molar-refractivity contribution in [2.75, 3.05) is 0 Å². The molecule has 0 aliphatic carbocycles. The normalized spacial score (nSPS) is 20.5. The fourth-order valence-corrected chi connectivity index (χ4v) is 2.73. The van der Waals surface area contributed by atoms with E-state index in [2.05, 4.69) is 5.10 Å². The highest BCUT2D eigenvalue weighted by Crippen LogP contribution is 2.40. The predicted molar refractivity (Wildman–Crippen MR) is 90.8 cm³/mol. The Hall–Kier alpha value is -2.31. The van der Waals surface area contributed by atoms with Gasteiger partial charge in [0.15, 0.2) is 0 Å². The van der Waals surface area contributed by atoms with Gasteiger partial charge in [0.2, 0.25) is 5.72 Å². The smallest absolute Gasteiger partial charge is 0.294 e. The number of aliphatic hydroxyl groups is 1. The van der Waals surface area contributed by atoms with E-state index in [1.807, 2.05) is 0 Å². The number of amides is 1. The number of carbonyl (C=O) groups is 1. The van der Waals surface area contributed by atoms with E-state index in [-0.39, 0.29) is 11.3 Å². The maximum Gasteiger partial charge on any atom is 0.294 e. The summed E-state index contributed by atoms with van der Waals surface area (Å²) in [6.07, 6.45) is -0.489. The summed E-state index contributed by atoms with van der Waals surface area (Å²) in [6.45, 7) is 0.568. The monoisotopic (exact) mass is 364 g/mol. The van der Waals surface area contributed by atoms with Gasteiger partial charge in [-0.05, 0) is 29.8 Å². The molecule has 1 atom stereocenters. The Morgan fingerprint density at radius 2 is 1.80 bits per heavy atom. The third-order valence-electron chi connectivity index (χ3n) is 4.08. The number of hydrogen-bond acceptors (Lipinski definition) is 3. The van der Waals surface area contributed by atoms with E-state index in [0.29, 0.717) is 22.5 Å². The zero-order valence-electron chi connectivity index (χ0n) is 13.3. The highest BCUT2D eigenvalue weighted by molar-refractivity contribution is 6.30. The highest BCUT2D eigenvalue weighted by Gasteiger charge is 2.59. The van der Waals surface area contributed by atoms with Crippen molar-refractivity contribution < 1.29 is 18.7 Å². The van der Waals surface area contributed by atoms with Crippen molar-refractivity contribution in [1.29, 1.82) is 0 Å². The van der Waals surface area contributed by atoms with Gasteiger partial charge in [-0.3, -0.25) is 4.79 Å². The first kappa shape index (κ1) is 17.5. The molecule has 0 spiro atoms. The van der Waals surface area contributed by atoms with E-state index >= 15 is 0 Å². The van der Waals surface area contributed by atoms with Crippen molar-refractivity contribution in [3.05, 3.63) is 70.7 Å². The Morgan fingerprint density at radius 3 is 2.36 bits per heavy atom. The van der Waals surface area contributed by atoms with Crippen LogP contribution in [0.15, 0.2) is 59.7 Å². The molecule has 2 aromatic rings. The average Bonchev–Trinajstić information content (AvgIpc) is 2.94. The van der Waals surface area contributed by atoms with E-state index < -0.39 is 24.0 Å².